The third-order valence-corrected chi connectivity index (χ3v) is 4.82. The van der Waals surface area contributed by atoms with Crippen molar-refractivity contribution in [3.05, 3.63) is 60.4 Å². The largest absolute Gasteiger partial charge is 0.379 e. The zero-order chi connectivity index (χ0) is 18.5. The first kappa shape index (κ1) is 17.7. The first-order chi connectivity index (χ1) is 13.3. The number of fused-ring (bicyclic) bond motifs is 1. The molecule has 0 atom stereocenters. The third kappa shape index (κ3) is 4.35. The number of pyridine rings is 1. The van der Waals surface area contributed by atoms with Gasteiger partial charge in [0.1, 0.15) is 5.65 Å². The van der Waals surface area contributed by atoms with Gasteiger partial charge in [0.05, 0.1) is 24.5 Å². The van der Waals surface area contributed by atoms with Crippen LogP contribution in [0.5, 0.6) is 0 Å². The van der Waals surface area contributed by atoms with Gasteiger partial charge in [-0.2, -0.15) is 0 Å². The van der Waals surface area contributed by atoms with Gasteiger partial charge in [0, 0.05) is 37.6 Å². The summed E-state index contributed by atoms with van der Waals surface area (Å²) >= 11 is 0. The van der Waals surface area contributed by atoms with Gasteiger partial charge in [0.2, 0.25) is 0 Å². The molecule has 0 bridgehead atoms. The zero-order valence-corrected chi connectivity index (χ0v) is 15.3. The molecule has 1 amide bonds. The van der Waals surface area contributed by atoms with Crippen molar-refractivity contribution in [3.63, 3.8) is 0 Å². The normalized spacial score (nSPS) is 15.1. The average Bonchev–Trinajstić information content (AvgIpc) is 3.16. The van der Waals surface area contributed by atoms with Crippen LogP contribution in [0.2, 0.25) is 0 Å². The minimum absolute atomic E-state index is 0.0474. The van der Waals surface area contributed by atoms with Crippen LogP contribution >= 0.6 is 0 Å². The van der Waals surface area contributed by atoms with E-state index in [1.165, 1.54) is 0 Å². The number of carbonyl (C=O) groups excluding carboxylic acids is 1. The van der Waals surface area contributed by atoms with Crippen LogP contribution in [0, 0.1) is 0 Å². The fourth-order valence-corrected chi connectivity index (χ4v) is 3.31. The maximum atomic E-state index is 12.4. The van der Waals surface area contributed by atoms with Gasteiger partial charge in [0.25, 0.3) is 5.91 Å². The van der Waals surface area contributed by atoms with E-state index in [4.69, 9.17) is 4.74 Å². The Labute approximate surface area is 158 Å². The van der Waals surface area contributed by atoms with Crippen LogP contribution in [0.25, 0.3) is 16.9 Å². The van der Waals surface area contributed by atoms with Crippen molar-refractivity contribution in [1.82, 2.24) is 19.6 Å². The molecule has 27 heavy (non-hydrogen) atoms. The lowest BCUT2D eigenvalue weighted by Crippen LogP contribution is -2.38. The molecule has 1 saturated heterocycles. The predicted molar refractivity (Wildman–Crippen MR) is 105 cm³/mol. The topological polar surface area (TPSA) is 58.9 Å². The van der Waals surface area contributed by atoms with Crippen LogP contribution in [-0.4, -0.2) is 59.6 Å². The second-order valence-electron chi connectivity index (χ2n) is 6.74. The number of morpholine rings is 1. The van der Waals surface area contributed by atoms with Crippen molar-refractivity contribution in [2.75, 3.05) is 39.4 Å². The Kier molecular flexibility index (Phi) is 5.46. The van der Waals surface area contributed by atoms with E-state index in [1.807, 2.05) is 59.3 Å². The Morgan fingerprint density at radius 1 is 1.07 bits per heavy atom. The summed E-state index contributed by atoms with van der Waals surface area (Å²) in [5.74, 6) is -0.0474. The highest BCUT2D eigenvalue weighted by Crippen LogP contribution is 2.19. The summed E-state index contributed by atoms with van der Waals surface area (Å²) in [5.41, 5.74) is 3.44. The first-order valence-corrected chi connectivity index (χ1v) is 9.42. The Morgan fingerprint density at radius 2 is 1.89 bits per heavy atom. The van der Waals surface area contributed by atoms with E-state index in [2.05, 4.69) is 15.2 Å². The van der Waals surface area contributed by atoms with Crippen LogP contribution < -0.4 is 5.32 Å². The highest BCUT2D eigenvalue weighted by atomic mass is 16.5. The molecule has 6 heteroatoms. The van der Waals surface area contributed by atoms with Gasteiger partial charge in [-0.25, -0.2) is 4.98 Å². The number of nitrogens with one attached hydrogen (secondary N) is 1. The standard InChI is InChI=1S/C21H24N4O2/c26-21(22-9-4-10-24-11-13-27-14-12-24)18-7-8-20-23-19(16-25(20)15-18)17-5-2-1-3-6-17/h1-3,5-8,15-16H,4,9-14H2,(H,22,26). The summed E-state index contributed by atoms with van der Waals surface area (Å²) in [7, 11) is 0. The summed E-state index contributed by atoms with van der Waals surface area (Å²) in [4.78, 5) is 19.4. The number of hydrogen-bond acceptors (Lipinski definition) is 4. The first-order valence-electron chi connectivity index (χ1n) is 9.42. The maximum absolute atomic E-state index is 12.4. The molecule has 1 aliphatic rings. The summed E-state index contributed by atoms with van der Waals surface area (Å²) in [6.45, 7) is 5.24. The van der Waals surface area contributed by atoms with Gasteiger partial charge >= 0.3 is 0 Å². The van der Waals surface area contributed by atoms with Crippen molar-refractivity contribution in [2.24, 2.45) is 0 Å². The number of benzene rings is 1. The van der Waals surface area contributed by atoms with Crippen LogP contribution in [0.3, 0.4) is 0 Å². The predicted octanol–water partition coefficient (Wildman–Crippen LogP) is 2.45. The molecule has 1 fully saturated rings. The Morgan fingerprint density at radius 3 is 2.70 bits per heavy atom. The third-order valence-electron chi connectivity index (χ3n) is 4.82. The molecule has 1 N–H and O–H groups in total. The number of hydrogen-bond donors (Lipinski definition) is 1. The minimum atomic E-state index is -0.0474. The molecule has 0 unspecified atom stereocenters. The second-order valence-corrected chi connectivity index (χ2v) is 6.74. The zero-order valence-electron chi connectivity index (χ0n) is 15.3. The molecule has 4 rings (SSSR count). The molecule has 0 aliphatic carbocycles. The van der Waals surface area contributed by atoms with Crippen molar-refractivity contribution in [3.8, 4) is 11.3 Å². The molecular weight excluding hydrogens is 340 g/mol. The summed E-state index contributed by atoms with van der Waals surface area (Å²) in [6.07, 6.45) is 4.74. The van der Waals surface area contributed by atoms with Crippen molar-refractivity contribution in [1.29, 1.82) is 0 Å². The maximum Gasteiger partial charge on any atom is 0.252 e. The van der Waals surface area contributed by atoms with E-state index in [0.717, 1.165) is 56.2 Å². The molecule has 6 nitrogen and oxygen atoms in total. The smallest absolute Gasteiger partial charge is 0.252 e. The number of rotatable bonds is 6. The molecule has 140 valence electrons. The van der Waals surface area contributed by atoms with Crippen LogP contribution in [-0.2, 0) is 4.74 Å². The molecule has 1 aromatic carbocycles. The fourth-order valence-electron chi connectivity index (χ4n) is 3.31. The lowest BCUT2D eigenvalue weighted by molar-refractivity contribution is 0.0374. The number of nitrogens with zero attached hydrogens (tertiary/aromatic N) is 3. The number of imidazole rings is 1. The van der Waals surface area contributed by atoms with Gasteiger partial charge < -0.3 is 14.5 Å². The van der Waals surface area contributed by atoms with Crippen LogP contribution in [0.1, 0.15) is 16.8 Å². The highest BCUT2D eigenvalue weighted by Gasteiger charge is 2.11. The van der Waals surface area contributed by atoms with E-state index in [9.17, 15) is 4.79 Å². The lowest BCUT2D eigenvalue weighted by atomic mass is 10.2. The monoisotopic (exact) mass is 364 g/mol. The molecule has 3 aromatic rings. The summed E-state index contributed by atoms with van der Waals surface area (Å²) < 4.78 is 7.26. The molecule has 2 aromatic heterocycles. The average molecular weight is 364 g/mol. The summed E-state index contributed by atoms with van der Waals surface area (Å²) in [5, 5.41) is 3.01. The SMILES string of the molecule is O=C(NCCCN1CCOCC1)c1ccc2nc(-c3ccccc3)cn2c1. The fraction of sp³-hybridized carbons (Fsp3) is 0.333. The van der Waals surface area contributed by atoms with Gasteiger partial charge in [-0.05, 0) is 25.1 Å². The van der Waals surface area contributed by atoms with E-state index < -0.39 is 0 Å². The number of carbonyl (C=O) groups is 1. The highest BCUT2D eigenvalue weighted by molar-refractivity contribution is 5.94. The molecular formula is C21H24N4O2. The molecule has 0 saturated carbocycles. The minimum Gasteiger partial charge on any atom is -0.379 e. The van der Waals surface area contributed by atoms with E-state index >= 15 is 0 Å². The number of aromatic nitrogens is 2. The van der Waals surface area contributed by atoms with Crippen LogP contribution in [0.4, 0.5) is 0 Å². The van der Waals surface area contributed by atoms with Gasteiger partial charge in [-0.3, -0.25) is 9.69 Å². The Hall–Kier alpha value is -2.70. The van der Waals surface area contributed by atoms with E-state index in [-0.39, 0.29) is 5.91 Å². The quantitative estimate of drug-likeness (QED) is 0.683. The van der Waals surface area contributed by atoms with Crippen molar-refractivity contribution >= 4 is 11.6 Å². The molecule has 3 heterocycles. The van der Waals surface area contributed by atoms with Gasteiger partial charge in [-0.1, -0.05) is 30.3 Å². The Bertz CT molecular complexity index is 901. The molecule has 1 aliphatic heterocycles. The Balaban J connectivity index is 1.36. The molecule has 0 radical (unpaired) electrons. The second kappa shape index (κ2) is 8.33. The van der Waals surface area contributed by atoms with Crippen LogP contribution in [0.15, 0.2) is 54.9 Å². The lowest BCUT2D eigenvalue weighted by Gasteiger charge is -2.26. The number of amides is 1. The van der Waals surface area contributed by atoms with E-state index in [0.29, 0.717) is 12.1 Å². The van der Waals surface area contributed by atoms with E-state index in [1.54, 1.807) is 0 Å². The van der Waals surface area contributed by atoms with Gasteiger partial charge in [0.15, 0.2) is 0 Å². The van der Waals surface area contributed by atoms with Gasteiger partial charge in [-0.15, -0.1) is 0 Å². The van der Waals surface area contributed by atoms with Crippen molar-refractivity contribution in [2.45, 2.75) is 6.42 Å². The molecule has 0 spiro atoms. The summed E-state index contributed by atoms with van der Waals surface area (Å²) in [6, 6.07) is 13.8. The number of ether oxygens (including phenoxy) is 1. The van der Waals surface area contributed by atoms with Crippen molar-refractivity contribution < 1.29 is 9.53 Å².